The highest BCUT2D eigenvalue weighted by Crippen LogP contribution is 2.35. The van der Waals surface area contributed by atoms with E-state index in [9.17, 15) is 14.7 Å². The predicted octanol–water partition coefficient (Wildman–Crippen LogP) is 4.26. The molecule has 11 heteroatoms. The highest BCUT2D eigenvalue weighted by molar-refractivity contribution is 6.33. The summed E-state index contributed by atoms with van der Waals surface area (Å²) in [6.07, 6.45) is 0.865. The van der Waals surface area contributed by atoms with Crippen LogP contribution in [0.2, 0.25) is 5.02 Å². The summed E-state index contributed by atoms with van der Waals surface area (Å²) in [5, 5.41) is 19.3. The third kappa shape index (κ3) is 7.47. The lowest BCUT2D eigenvalue weighted by molar-refractivity contribution is 0.0706. The SMILES string of the molecule is CCNC(=O)Nc1ccc(Oc2ccnc3cc(OC[C@H](O)CN(CC)CC)c(C(=O)NC)cc23)cc1Cl. The Morgan fingerprint density at radius 2 is 1.87 bits per heavy atom. The van der Waals surface area contributed by atoms with Gasteiger partial charge in [-0.05, 0) is 44.3 Å². The molecule has 0 radical (unpaired) electrons. The number of hydrogen-bond donors (Lipinski definition) is 4. The second-order valence-corrected chi connectivity index (χ2v) is 8.84. The van der Waals surface area contributed by atoms with Crippen molar-refractivity contribution in [1.82, 2.24) is 20.5 Å². The fraction of sp³-hybridized carbons (Fsp3) is 0.370. The minimum absolute atomic E-state index is 0.0252. The molecule has 0 aliphatic carbocycles. The number of urea groups is 1. The predicted molar refractivity (Wildman–Crippen MR) is 149 cm³/mol. The Labute approximate surface area is 227 Å². The molecule has 3 amide bonds. The van der Waals surface area contributed by atoms with E-state index in [2.05, 4.69) is 25.8 Å². The van der Waals surface area contributed by atoms with E-state index in [-0.39, 0.29) is 24.1 Å². The number of likely N-dealkylation sites (N-methyl/N-ethyl adjacent to an activating group) is 1. The van der Waals surface area contributed by atoms with E-state index in [4.69, 9.17) is 21.1 Å². The van der Waals surface area contributed by atoms with Crippen LogP contribution in [0.1, 0.15) is 31.1 Å². The quantitative estimate of drug-likeness (QED) is 0.269. The Morgan fingerprint density at radius 3 is 2.53 bits per heavy atom. The number of hydrogen-bond acceptors (Lipinski definition) is 7. The average Bonchev–Trinajstić information content (AvgIpc) is 2.91. The highest BCUT2D eigenvalue weighted by atomic mass is 35.5. The number of halogens is 1. The van der Waals surface area contributed by atoms with E-state index >= 15 is 0 Å². The van der Waals surface area contributed by atoms with Gasteiger partial charge in [0, 0.05) is 43.9 Å². The number of aliphatic hydroxyl groups is 1. The van der Waals surface area contributed by atoms with Crippen LogP contribution in [-0.2, 0) is 0 Å². The molecule has 0 bridgehead atoms. The van der Waals surface area contributed by atoms with Gasteiger partial charge in [-0.1, -0.05) is 25.4 Å². The number of fused-ring (bicyclic) bond motifs is 1. The molecular formula is C27H34ClN5O5. The standard InChI is InChI=1S/C27H34ClN5O5/c1-5-30-27(36)32-22-9-8-18(12-21(22)28)38-24-10-11-31-23-14-25(20(13-19(23)24)26(35)29-4)37-16-17(34)15-33(6-2)7-3/h8-14,17,34H,5-7,15-16H2,1-4H3,(H,29,35)(H2,30,32,36)/t17-/m1/s1. The van der Waals surface area contributed by atoms with Crippen LogP contribution in [0.15, 0.2) is 42.6 Å². The van der Waals surface area contributed by atoms with Gasteiger partial charge in [0.15, 0.2) is 0 Å². The molecule has 204 valence electrons. The number of anilines is 1. The average molecular weight is 544 g/mol. The van der Waals surface area contributed by atoms with E-state index in [0.717, 1.165) is 13.1 Å². The van der Waals surface area contributed by atoms with Crippen LogP contribution in [0.4, 0.5) is 10.5 Å². The van der Waals surface area contributed by atoms with Gasteiger partial charge in [0.25, 0.3) is 5.91 Å². The Kier molecular flexibility index (Phi) is 10.5. The number of nitrogens with one attached hydrogen (secondary N) is 3. The van der Waals surface area contributed by atoms with Gasteiger partial charge in [-0.2, -0.15) is 0 Å². The molecule has 0 unspecified atom stereocenters. The smallest absolute Gasteiger partial charge is 0.319 e. The molecule has 0 fully saturated rings. The molecule has 0 saturated heterocycles. The van der Waals surface area contributed by atoms with E-state index in [0.29, 0.717) is 52.0 Å². The number of benzene rings is 2. The van der Waals surface area contributed by atoms with Gasteiger partial charge < -0.3 is 35.4 Å². The molecule has 1 aromatic heterocycles. The molecule has 1 atom stereocenters. The van der Waals surface area contributed by atoms with Gasteiger partial charge in [-0.3, -0.25) is 9.78 Å². The third-order valence-corrected chi connectivity index (χ3v) is 6.14. The zero-order valence-electron chi connectivity index (χ0n) is 22.0. The van der Waals surface area contributed by atoms with Crippen molar-refractivity contribution in [2.24, 2.45) is 0 Å². The van der Waals surface area contributed by atoms with Gasteiger partial charge in [0.2, 0.25) is 0 Å². The largest absolute Gasteiger partial charge is 0.490 e. The monoisotopic (exact) mass is 543 g/mol. The summed E-state index contributed by atoms with van der Waals surface area (Å²) in [4.78, 5) is 31.0. The Hall–Kier alpha value is -3.60. The molecule has 0 aliphatic rings. The lowest BCUT2D eigenvalue weighted by Gasteiger charge is -2.22. The van der Waals surface area contributed by atoms with Crippen molar-refractivity contribution in [2.45, 2.75) is 26.9 Å². The maximum atomic E-state index is 12.7. The first-order chi connectivity index (χ1) is 18.3. The maximum absolute atomic E-state index is 12.7. The number of carbonyl (C=O) groups excluding carboxylic acids is 2. The molecule has 3 aromatic rings. The summed E-state index contributed by atoms with van der Waals surface area (Å²) in [5.41, 5.74) is 1.27. The fourth-order valence-electron chi connectivity index (χ4n) is 3.80. The molecule has 0 saturated carbocycles. The van der Waals surface area contributed by atoms with E-state index in [1.165, 1.54) is 7.05 Å². The second-order valence-electron chi connectivity index (χ2n) is 8.43. The van der Waals surface area contributed by atoms with Crippen molar-refractivity contribution in [1.29, 1.82) is 0 Å². The molecule has 1 heterocycles. The number of ether oxygens (including phenoxy) is 2. The molecule has 0 aliphatic heterocycles. The molecule has 3 rings (SSSR count). The zero-order chi connectivity index (χ0) is 27.7. The van der Waals surface area contributed by atoms with Crippen LogP contribution in [0.5, 0.6) is 17.2 Å². The van der Waals surface area contributed by atoms with Crippen LogP contribution in [-0.4, -0.2) is 72.9 Å². The van der Waals surface area contributed by atoms with E-state index in [1.54, 1.807) is 42.6 Å². The van der Waals surface area contributed by atoms with Crippen molar-refractivity contribution < 1.29 is 24.2 Å². The van der Waals surface area contributed by atoms with Crippen molar-refractivity contribution in [3.8, 4) is 17.2 Å². The third-order valence-electron chi connectivity index (χ3n) is 5.82. The first kappa shape index (κ1) is 29.0. The second kappa shape index (κ2) is 13.8. The Balaban J connectivity index is 1.87. The molecule has 10 nitrogen and oxygen atoms in total. The number of carbonyl (C=O) groups is 2. The minimum atomic E-state index is -0.721. The number of rotatable bonds is 12. The summed E-state index contributed by atoms with van der Waals surface area (Å²) < 4.78 is 12.0. The summed E-state index contributed by atoms with van der Waals surface area (Å²) in [5.74, 6) is 0.849. The summed E-state index contributed by atoms with van der Waals surface area (Å²) in [6, 6.07) is 9.53. The summed E-state index contributed by atoms with van der Waals surface area (Å²) in [7, 11) is 1.53. The summed E-state index contributed by atoms with van der Waals surface area (Å²) >= 11 is 6.35. The Morgan fingerprint density at radius 1 is 1.11 bits per heavy atom. The number of nitrogens with zero attached hydrogens (tertiary/aromatic N) is 2. The van der Waals surface area contributed by atoms with Crippen molar-refractivity contribution >= 4 is 40.1 Å². The molecule has 0 spiro atoms. The normalized spacial score (nSPS) is 11.8. The topological polar surface area (TPSA) is 125 Å². The van der Waals surface area contributed by atoms with Gasteiger partial charge in [0.05, 0.1) is 21.8 Å². The summed E-state index contributed by atoms with van der Waals surface area (Å²) in [6.45, 7) is 8.49. The number of aromatic nitrogens is 1. The van der Waals surface area contributed by atoms with Crippen LogP contribution in [0.3, 0.4) is 0 Å². The van der Waals surface area contributed by atoms with Gasteiger partial charge >= 0.3 is 6.03 Å². The van der Waals surface area contributed by atoms with Crippen molar-refractivity contribution in [3.63, 3.8) is 0 Å². The minimum Gasteiger partial charge on any atom is -0.490 e. The van der Waals surface area contributed by atoms with Crippen LogP contribution in [0.25, 0.3) is 10.9 Å². The van der Waals surface area contributed by atoms with Crippen molar-refractivity contribution in [3.05, 3.63) is 53.2 Å². The van der Waals surface area contributed by atoms with Crippen LogP contribution in [0, 0.1) is 0 Å². The van der Waals surface area contributed by atoms with E-state index in [1.807, 2.05) is 20.8 Å². The molecule has 4 N–H and O–H groups in total. The van der Waals surface area contributed by atoms with Crippen LogP contribution < -0.4 is 25.4 Å². The molecule has 2 aromatic carbocycles. The number of pyridine rings is 1. The number of amides is 3. The number of aliphatic hydroxyl groups excluding tert-OH is 1. The van der Waals surface area contributed by atoms with Gasteiger partial charge in [-0.15, -0.1) is 0 Å². The molecule has 38 heavy (non-hydrogen) atoms. The first-order valence-corrected chi connectivity index (χ1v) is 12.9. The fourth-order valence-corrected chi connectivity index (χ4v) is 4.02. The lowest BCUT2D eigenvalue weighted by Crippen LogP contribution is -2.35. The first-order valence-electron chi connectivity index (χ1n) is 12.5. The lowest BCUT2D eigenvalue weighted by atomic mass is 10.1. The zero-order valence-corrected chi connectivity index (χ0v) is 22.8. The maximum Gasteiger partial charge on any atom is 0.319 e. The van der Waals surface area contributed by atoms with E-state index < -0.39 is 6.10 Å². The highest BCUT2D eigenvalue weighted by Gasteiger charge is 2.18. The molecular weight excluding hydrogens is 510 g/mol. The van der Waals surface area contributed by atoms with Gasteiger partial charge in [-0.25, -0.2) is 4.79 Å². The van der Waals surface area contributed by atoms with Crippen molar-refractivity contribution in [2.75, 3.05) is 45.2 Å². The van der Waals surface area contributed by atoms with Crippen LogP contribution >= 0.6 is 11.6 Å². The Bertz CT molecular complexity index is 1270. The van der Waals surface area contributed by atoms with Gasteiger partial charge in [0.1, 0.15) is 30.0 Å².